The Balaban J connectivity index is 1.31. The minimum absolute atomic E-state index is 0.225. The second kappa shape index (κ2) is 8.49. The summed E-state index contributed by atoms with van der Waals surface area (Å²) in [6.07, 6.45) is 0.892. The van der Waals surface area contributed by atoms with Crippen LogP contribution in [0.15, 0.2) is 47.5 Å². The summed E-state index contributed by atoms with van der Waals surface area (Å²) >= 11 is 3.27. The molecule has 7 heteroatoms. The van der Waals surface area contributed by atoms with Crippen LogP contribution in [0.2, 0.25) is 0 Å². The van der Waals surface area contributed by atoms with Gasteiger partial charge in [-0.25, -0.2) is 14.4 Å². The Kier molecular flexibility index (Phi) is 5.82. The fraction of sp³-hybridized carbons (Fsp3) is 0.333. The zero-order valence-electron chi connectivity index (χ0n) is 15.9. The maximum absolute atomic E-state index is 13.3. The van der Waals surface area contributed by atoms with Gasteiger partial charge in [0.2, 0.25) is 0 Å². The number of nitrogens with one attached hydrogen (secondary N) is 2. The predicted octanol–water partition coefficient (Wildman–Crippen LogP) is 5.44. The lowest BCUT2D eigenvalue weighted by Gasteiger charge is -2.13. The number of fused-ring (bicyclic) bond motifs is 1. The molecule has 146 valence electrons. The molecule has 4 nitrogen and oxygen atoms in total. The maximum Gasteiger partial charge on any atom is 0.183 e. The van der Waals surface area contributed by atoms with Gasteiger partial charge < -0.3 is 10.6 Å². The van der Waals surface area contributed by atoms with Gasteiger partial charge in [-0.05, 0) is 48.2 Å². The molecular formula is C21H23FN4S2. The van der Waals surface area contributed by atoms with E-state index in [1.165, 1.54) is 29.0 Å². The Labute approximate surface area is 172 Å². The minimum atomic E-state index is -0.225. The fourth-order valence-corrected chi connectivity index (χ4v) is 5.10. The van der Waals surface area contributed by atoms with E-state index in [0.717, 1.165) is 44.9 Å². The van der Waals surface area contributed by atoms with E-state index < -0.39 is 0 Å². The fourth-order valence-electron chi connectivity index (χ4n) is 2.98. The first kappa shape index (κ1) is 19.2. The van der Waals surface area contributed by atoms with E-state index in [-0.39, 0.29) is 5.82 Å². The normalized spacial score (nSPS) is 18.1. The number of aromatic nitrogens is 1. The molecule has 1 atom stereocenters. The van der Waals surface area contributed by atoms with Crippen molar-refractivity contribution in [2.75, 3.05) is 17.6 Å². The van der Waals surface area contributed by atoms with Crippen molar-refractivity contribution in [1.29, 1.82) is 0 Å². The average molecular weight is 415 g/mol. The lowest BCUT2D eigenvalue weighted by Crippen LogP contribution is -2.31. The van der Waals surface area contributed by atoms with Crippen LogP contribution in [0.3, 0.4) is 0 Å². The quantitative estimate of drug-likeness (QED) is 0.564. The van der Waals surface area contributed by atoms with Crippen LogP contribution in [0.5, 0.6) is 0 Å². The van der Waals surface area contributed by atoms with Gasteiger partial charge in [-0.15, -0.1) is 0 Å². The number of halogens is 1. The van der Waals surface area contributed by atoms with Crippen LogP contribution < -0.4 is 10.6 Å². The Morgan fingerprint density at radius 3 is 2.82 bits per heavy atom. The van der Waals surface area contributed by atoms with Crippen LogP contribution in [-0.4, -0.2) is 28.5 Å². The first-order valence-corrected chi connectivity index (χ1v) is 11.2. The first-order valence-electron chi connectivity index (χ1n) is 9.44. The molecule has 0 radical (unpaired) electrons. The largest absolute Gasteiger partial charge is 0.361 e. The van der Waals surface area contributed by atoms with Crippen LogP contribution in [0.1, 0.15) is 19.4 Å². The van der Waals surface area contributed by atoms with Crippen molar-refractivity contribution in [3.8, 4) is 0 Å². The highest BCUT2D eigenvalue weighted by molar-refractivity contribution is 8.14. The number of thiazole rings is 1. The molecule has 1 saturated heterocycles. The molecule has 2 heterocycles. The Morgan fingerprint density at radius 1 is 1.25 bits per heavy atom. The van der Waals surface area contributed by atoms with E-state index in [1.54, 1.807) is 17.8 Å². The number of benzene rings is 2. The predicted molar refractivity (Wildman–Crippen MR) is 120 cm³/mol. The van der Waals surface area contributed by atoms with Gasteiger partial charge in [-0.2, -0.15) is 0 Å². The Morgan fingerprint density at radius 2 is 2.07 bits per heavy atom. The molecule has 0 bridgehead atoms. The maximum atomic E-state index is 13.3. The van der Waals surface area contributed by atoms with E-state index >= 15 is 0 Å². The van der Waals surface area contributed by atoms with Crippen molar-refractivity contribution < 1.29 is 4.39 Å². The molecule has 3 aromatic rings. The number of nitrogens with zero attached hydrogens (tertiary/aromatic N) is 2. The summed E-state index contributed by atoms with van der Waals surface area (Å²) in [6, 6.07) is 13.6. The van der Waals surface area contributed by atoms with Crippen molar-refractivity contribution in [3.05, 3.63) is 53.8 Å². The summed E-state index contributed by atoms with van der Waals surface area (Å²) in [5.41, 5.74) is 3.05. The van der Waals surface area contributed by atoms with Crippen molar-refractivity contribution in [3.63, 3.8) is 0 Å². The highest BCUT2D eigenvalue weighted by atomic mass is 32.2. The van der Waals surface area contributed by atoms with Gasteiger partial charge in [-0.1, -0.05) is 49.1 Å². The zero-order valence-corrected chi connectivity index (χ0v) is 17.5. The topological polar surface area (TPSA) is 49.3 Å². The first-order chi connectivity index (χ1) is 13.6. The van der Waals surface area contributed by atoms with Gasteiger partial charge in [0.15, 0.2) is 10.3 Å². The van der Waals surface area contributed by atoms with Crippen LogP contribution >= 0.6 is 23.1 Å². The van der Waals surface area contributed by atoms with Gasteiger partial charge in [-0.3, -0.25) is 0 Å². The molecule has 0 spiro atoms. The highest BCUT2D eigenvalue weighted by Crippen LogP contribution is 2.26. The molecule has 2 N–H and O–H groups in total. The zero-order chi connectivity index (χ0) is 19.5. The second-order valence-electron chi connectivity index (χ2n) is 7.20. The van der Waals surface area contributed by atoms with Gasteiger partial charge in [0, 0.05) is 18.3 Å². The molecule has 0 aliphatic carbocycles. The molecule has 0 unspecified atom stereocenters. The summed E-state index contributed by atoms with van der Waals surface area (Å²) < 4.78 is 14.1. The molecule has 0 amide bonds. The number of amidine groups is 1. The molecule has 1 fully saturated rings. The van der Waals surface area contributed by atoms with Crippen LogP contribution in [-0.2, 0) is 6.42 Å². The second-order valence-corrected chi connectivity index (χ2v) is 9.24. The number of hydrogen-bond acceptors (Lipinski definition) is 5. The summed E-state index contributed by atoms with van der Waals surface area (Å²) in [7, 11) is 0. The molecular weight excluding hydrogens is 391 g/mol. The molecule has 2 aromatic carbocycles. The van der Waals surface area contributed by atoms with E-state index in [9.17, 15) is 4.39 Å². The van der Waals surface area contributed by atoms with Gasteiger partial charge in [0.1, 0.15) is 5.82 Å². The van der Waals surface area contributed by atoms with Crippen molar-refractivity contribution in [2.45, 2.75) is 26.3 Å². The monoisotopic (exact) mass is 414 g/mol. The van der Waals surface area contributed by atoms with E-state index in [0.29, 0.717) is 12.0 Å². The third kappa shape index (κ3) is 4.64. The van der Waals surface area contributed by atoms with Crippen LogP contribution in [0.4, 0.5) is 15.2 Å². The highest BCUT2D eigenvalue weighted by Gasteiger charge is 2.22. The Bertz CT molecular complexity index is 982. The molecule has 1 aliphatic heterocycles. The smallest absolute Gasteiger partial charge is 0.183 e. The number of aliphatic imine (C=N–C) groups is 1. The lowest BCUT2D eigenvalue weighted by molar-refractivity contribution is 0.503. The molecule has 28 heavy (non-hydrogen) atoms. The molecule has 4 rings (SSSR count). The standard InChI is InChI=1S/C21H23FN4S2/c1-13(2)18-12-27-21(26-18)24-16-6-3-14(4-7-16)9-10-23-20-25-17-8-5-15(22)11-19(17)28-20/h3-8,11,13,18H,9-10,12H2,1-2H3,(H,23,25)(H,24,26)/t18-/m1/s1. The summed E-state index contributed by atoms with van der Waals surface area (Å²) in [5, 5.41) is 8.67. The molecule has 1 aromatic heterocycles. The number of thioether (sulfide) groups is 1. The van der Waals surface area contributed by atoms with E-state index in [1.807, 2.05) is 0 Å². The van der Waals surface area contributed by atoms with Gasteiger partial charge in [0.25, 0.3) is 0 Å². The van der Waals surface area contributed by atoms with Crippen molar-refractivity contribution in [1.82, 2.24) is 10.3 Å². The van der Waals surface area contributed by atoms with Gasteiger partial charge in [0.05, 0.1) is 15.9 Å². The number of rotatable bonds is 6. The third-order valence-electron chi connectivity index (χ3n) is 4.72. The van der Waals surface area contributed by atoms with Crippen molar-refractivity contribution in [2.24, 2.45) is 10.9 Å². The van der Waals surface area contributed by atoms with E-state index in [2.05, 4.69) is 53.7 Å². The Hall–Kier alpha value is -2.12. The molecule has 0 saturated carbocycles. The SMILES string of the molecule is CC(C)[C@H]1CS/C(=N\c2ccc(CCNc3nc4ccc(F)cc4s3)cc2)N1. The van der Waals surface area contributed by atoms with E-state index in [4.69, 9.17) is 4.99 Å². The number of hydrogen-bond donors (Lipinski definition) is 2. The summed E-state index contributed by atoms with van der Waals surface area (Å²) in [6.45, 7) is 5.25. The average Bonchev–Trinajstić information content (AvgIpc) is 3.29. The van der Waals surface area contributed by atoms with Crippen LogP contribution in [0, 0.1) is 11.7 Å². The lowest BCUT2D eigenvalue weighted by atomic mass is 10.1. The van der Waals surface area contributed by atoms with Crippen LogP contribution in [0.25, 0.3) is 10.2 Å². The summed E-state index contributed by atoms with van der Waals surface area (Å²) in [4.78, 5) is 9.19. The summed E-state index contributed by atoms with van der Waals surface area (Å²) in [5.74, 6) is 1.47. The number of anilines is 1. The molecule has 1 aliphatic rings. The minimum Gasteiger partial charge on any atom is -0.361 e. The third-order valence-corrected chi connectivity index (χ3v) is 6.70. The van der Waals surface area contributed by atoms with Crippen molar-refractivity contribution >= 4 is 49.3 Å². The van der Waals surface area contributed by atoms with Gasteiger partial charge >= 0.3 is 0 Å².